The van der Waals surface area contributed by atoms with Gasteiger partial charge < -0.3 is 29.9 Å². The summed E-state index contributed by atoms with van der Waals surface area (Å²) in [5.74, 6) is -0.887. The molecule has 4 atom stereocenters. The lowest BCUT2D eigenvalue weighted by Gasteiger charge is -2.16. The van der Waals surface area contributed by atoms with E-state index in [0.717, 1.165) is 12.8 Å². The summed E-state index contributed by atoms with van der Waals surface area (Å²) in [4.78, 5) is 23.1. The van der Waals surface area contributed by atoms with Crippen LogP contribution < -0.4 is 0 Å². The first-order valence-corrected chi connectivity index (χ1v) is 10.3. The van der Waals surface area contributed by atoms with Crippen molar-refractivity contribution in [2.24, 2.45) is 0 Å². The van der Waals surface area contributed by atoms with Gasteiger partial charge in [-0.1, -0.05) is 26.7 Å². The van der Waals surface area contributed by atoms with E-state index in [1.807, 2.05) is 13.8 Å². The Kier molecular flexibility index (Phi) is 16.0. The van der Waals surface area contributed by atoms with Crippen LogP contribution >= 0.6 is 0 Å². The van der Waals surface area contributed by atoms with Gasteiger partial charge in [-0.3, -0.25) is 9.59 Å². The molecule has 0 radical (unpaired) electrons. The van der Waals surface area contributed by atoms with Crippen molar-refractivity contribution in [3.8, 4) is 0 Å². The smallest absolute Gasteiger partial charge is 0.305 e. The minimum atomic E-state index is -0.838. The van der Waals surface area contributed by atoms with E-state index in [2.05, 4.69) is 0 Å². The van der Waals surface area contributed by atoms with E-state index < -0.39 is 36.4 Å². The summed E-state index contributed by atoms with van der Waals surface area (Å²) >= 11 is 0. The lowest BCUT2D eigenvalue weighted by atomic mass is 10.0. The Morgan fingerprint density at radius 1 is 0.643 bits per heavy atom. The second-order valence-electron chi connectivity index (χ2n) is 7.07. The molecule has 4 unspecified atom stereocenters. The lowest BCUT2D eigenvalue weighted by Crippen LogP contribution is -2.26. The van der Waals surface area contributed by atoms with Gasteiger partial charge in [-0.15, -0.1) is 0 Å². The molecule has 0 fully saturated rings. The Morgan fingerprint density at radius 3 is 1.29 bits per heavy atom. The number of hydrogen-bond acceptors (Lipinski definition) is 8. The predicted octanol–water partition coefficient (Wildman–Crippen LogP) is 1.46. The first-order valence-electron chi connectivity index (χ1n) is 10.3. The molecule has 0 spiro atoms. The number of ether oxygens (including phenoxy) is 2. The molecular formula is C20H38O8. The van der Waals surface area contributed by atoms with Crippen molar-refractivity contribution >= 4 is 11.9 Å². The van der Waals surface area contributed by atoms with Gasteiger partial charge in [-0.05, 0) is 38.5 Å². The van der Waals surface area contributed by atoms with Crippen LogP contribution in [0.1, 0.15) is 78.1 Å². The van der Waals surface area contributed by atoms with Crippen molar-refractivity contribution in [3.05, 3.63) is 0 Å². The van der Waals surface area contributed by atoms with Gasteiger partial charge in [-0.25, -0.2) is 0 Å². The third-order valence-electron chi connectivity index (χ3n) is 4.43. The van der Waals surface area contributed by atoms with E-state index in [-0.39, 0.29) is 26.1 Å². The van der Waals surface area contributed by atoms with E-state index in [9.17, 15) is 30.0 Å². The maximum absolute atomic E-state index is 11.6. The van der Waals surface area contributed by atoms with Crippen molar-refractivity contribution in [1.82, 2.24) is 0 Å². The highest BCUT2D eigenvalue weighted by atomic mass is 16.6. The first-order chi connectivity index (χ1) is 13.3. The summed E-state index contributed by atoms with van der Waals surface area (Å²) in [6.07, 6.45) is 1.11. The minimum Gasteiger partial charge on any atom is -0.462 e. The van der Waals surface area contributed by atoms with Gasteiger partial charge >= 0.3 is 11.9 Å². The Hall–Kier alpha value is -1.22. The molecule has 0 aromatic rings. The molecule has 8 nitrogen and oxygen atoms in total. The van der Waals surface area contributed by atoms with Crippen LogP contribution in [0.15, 0.2) is 0 Å². The van der Waals surface area contributed by atoms with Crippen LogP contribution in [0, 0.1) is 0 Å². The van der Waals surface area contributed by atoms with Gasteiger partial charge in [0.1, 0.15) is 13.2 Å². The molecular weight excluding hydrogens is 368 g/mol. The lowest BCUT2D eigenvalue weighted by molar-refractivity contribution is -0.152. The van der Waals surface area contributed by atoms with Crippen molar-refractivity contribution < 1.29 is 39.5 Å². The molecule has 0 saturated carbocycles. The second kappa shape index (κ2) is 16.7. The van der Waals surface area contributed by atoms with Gasteiger partial charge in [0.2, 0.25) is 0 Å². The Morgan fingerprint density at radius 2 is 0.964 bits per heavy atom. The highest BCUT2D eigenvalue weighted by Gasteiger charge is 2.17. The fourth-order valence-electron chi connectivity index (χ4n) is 2.73. The number of esters is 2. The maximum Gasteiger partial charge on any atom is 0.305 e. The number of aliphatic hydroxyl groups is 4. The van der Waals surface area contributed by atoms with E-state index >= 15 is 0 Å². The number of rotatable bonds is 17. The van der Waals surface area contributed by atoms with Gasteiger partial charge in [0, 0.05) is 12.8 Å². The Balaban J connectivity index is 3.67. The molecule has 0 aliphatic rings. The first kappa shape index (κ1) is 26.8. The van der Waals surface area contributed by atoms with Crippen molar-refractivity contribution in [1.29, 1.82) is 0 Å². The molecule has 0 saturated heterocycles. The molecule has 0 aliphatic heterocycles. The van der Waals surface area contributed by atoms with Crippen molar-refractivity contribution in [2.75, 3.05) is 13.2 Å². The topological polar surface area (TPSA) is 134 Å². The standard InChI is InChI=1S/C20H38O8/c1-3-7-15(21)17(23)9-5-11-19(25)27-13-14-28-20(26)12-6-10-18(24)16(22)8-4-2/h15-18,21-24H,3-14H2,1-2H3. The molecule has 0 heterocycles. The molecule has 0 aromatic heterocycles. The fraction of sp³-hybridized carbons (Fsp3) is 0.900. The molecule has 0 rings (SSSR count). The highest BCUT2D eigenvalue weighted by Crippen LogP contribution is 2.11. The molecule has 0 aliphatic carbocycles. The molecule has 166 valence electrons. The van der Waals surface area contributed by atoms with Crippen LogP contribution in [0.25, 0.3) is 0 Å². The molecule has 0 bridgehead atoms. The average molecular weight is 407 g/mol. The van der Waals surface area contributed by atoms with Gasteiger partial charge in [0.25, 0.3) is 0 Å². The Bertz CT molecular complexity index is 377. The van der Waals surface area contributed by atoms with Crippen molar-refractivity contribution in [2.45, 2.75) is 102 Å². The van der Waals surface area contributed by atoms with E-state index in [0.29, 0.717) is 38.5 Å². The third kappa shape index (κ3) is 13.9. The fourth-order valence-corrected chi connectivity index (χ4v) is 2.73. The summed E-state index contributed by atoms with van der Waals surface area (Å²) in [6, 6.07) is 0. The molecule has 0 aromatic carbocycles. The van der Waals surface area contributed by atoms with Crippen LogP contribution in [0.2, 0.25) is 0 Å². The highest BCUT2D eigenvalue weighted by molar-refractivity contribution is 5.70. The van der Waals surface area contributed by atoms with E-state index in [1.54, 1.807) is 0 Å². The molecule has 0 amide bonds. The molecule has 28 heavy (non-hydrogen) atoms. The number of aliphatic hydroxyl groups excluding tert-OH is 4. The normalized spacial score (nSPS) is 15.5. The summed E-state index contributed by atoms with van der Waals surface area (Å²) in [5.41, 5.74) is 0. The Labute approximate surface area is 167 Å². The number of carbonyl (C=O) groups excluding carboxylic acids is 2. The zero-order chi connectivity index (χ0) is 21.4. The maximum atomic E-state index is 11.6. The van der Waals surface area contributed by atoms with Crippen molar-refractivity contribution in [3.63, 3.8) is 0 Å². The van der Waals surface area contributed by atoms with Gasteiger partial charge in [0.05, 0.1) is 24.4 Å². The minimum absolute atomic E-state index is 0.0383. The zero-order valence-corrected chi connectivity index (χ0v) is 17.2. The van der Waals surface area contributed by atoms with Crippen LogP contribution in [-0.4, -0.2) is 70.0 Å². The average Bonchev–Trinajstić information content (AvgIpc) is 2.65. The summed E-state index contributed by atoms with van der Waals surface area (Å²) < 4.78 is 9.90. The van der Waals surface area contributed by atoms with Crippen LogP contribution in [-0.2, 0) is 19.1 Å². The summed E-state index contributed by atoms with van der Waals surface area (Å²) in [6.45, 7) is 3.76. The van der Waals surface area contributed by atoms with Gasteiger partial charge in [-0.2, -0.15) is 0 Å². The number of carbonyl (C=O) groups is 2. The quantitative estimate of drug-likeness (QED) is 0.211. The second-order valence-corrected chi connectivity index (χ2v) is 7.07. The van der Waals surface area contributed by atoms with Gasteiger partial charge in [0.15, 0.2) is 0 Å². The largest absolute Gasteiger partial charge is 0.462 e. The van der Waals surface area contributed by atoms with Crippen LogP contribution in [0.4, 0.5) is 0 Å². The van der Waals surface area contributed by atoms with Crippen LogP contribution in [0.5, 0.6) is 0 Å². The number of hydrogen-bond donors (Lipinski definition) is 4. The van der Waals surface area contributed by atoms with Crippen LogP contribution in [0.3, 0.4) is 0 Å². The van der Waals surface area contributed by atoms with E-state index in [4.69, 9.17) is 9.47 Å². The monoisotopic (exact) mass is 406 g/mol. The molecule has 8 heteroatoms. The zero-order valence-electron chi connectivity index (χ0n) is 17.2. The molecule has 4 N–H and O–H groups in total. The third-order valence-corrected chi connectivity index (χ3v) is 4.43. The summed E-state index contributed by atoms with van der Waals surface area (Å²) in [5, 5.41) is 38.6. The van der Waals surface area contributed by atoms with E-state index in [1.165, 1.54) is 0 Å². The summed E-state index contributed by atoms with van der Waals surface area (Å²) in [7, 11) is 0. The predicted molar refractivity (Wildman–Crippen MR) is 103 cm³/mol. The SMILES string of the molecule is CCCC(O)C(O)CCCC(=O)OCCOC(=O)CCCC(O)C(O)CCC.